The Morgan fingerprint density at radius 2 is 2.24 bits per heavy atom. The number of aryl methyl sites for hydroxylation is 1. The number of nitrogens with one attached hydrogen (secondary N) is 1. The smallest absolute Gasteiger partial charge is 0.226 e. The first kappa shape index (κ1) is 17.6. The predicted molar refractivity (Wildman–Crippen MR) is 96.7 cm³/mol. The maximum atomic E-state index is 12.1. The van der Waals surface area contributed by atoms with Gasteiger partial charge in [0.25, 0.3) is 0 Å². The molecule has 134 valence electrons. The Labute approximate surface area is 152 Å². The molecule has 0 fully saturated rings. The normalized spacial score (nSPS) is 16.3. The Bertz CT molecular complexity index is 788. The van der Waals surface area contributed by atoms with E-state index in [1.807, 2.05) is 12.1 Å². The molecule has 1 aromatic heterocycles. The van der Waals surface area contributed by atoms with E-state index >= 15 is 0 Å². The van der Waals surface area contributed by atoms with E-state index < -0.39 is 0 Å². The molecule has 0 spiro atoms. The van der Waals surface area contributed by atoms with Crippen LogP contribution >= 0.6 is 11.6 Å². The van der Waals surface area contributed by atoms with Gasteiger partial charge < -0.3 is 14.8 Å². The second-order valence-corrected chi connectivity index (χ2v) is 6.52. The molecule has 0 radical (unpaired) electrons. The molecule has 2 aromatic rings. The number of fused-ring (bicyclic) bond motifs is 1. The topological polar surface area (TPSA) is 65.4 Å². The number of carbonyl (C=O) groups is 1. The molecule has 1 unspecified atom stereocenters. The van der Waals surface area contributed by atoms with E-state index in [0.29, 0.717) is 29.5 Å². The standard InChI is InChI=1S/C18H22ClN3O3/c1-4-5-6-25-17-14(19)7-11(8-15(17)24-3)12-9-16(23)21-18-13(12)10-20-22(18)2/h7-8,10,12H,4-6,9H2,1-3H3,(H,21,23). The van der Waals surface area contributed by atoms with Gasteiger partial charge >= 0.3 is 0 Å². The Balaban J connectivity index is 1.98. The van der Waals surface area contributed by atoms with E-state index in [1.54, 1.807) is 25.0 Å². The number of anilines is 1. The van der Waals surface area contributed by atoms with Crippen LogP contribution in [0.4, 0.5) is 5.82 Å². The number of ether oxygens (including phenoxy) is 2. The summed E-state index contributed by atoms with van der Waals surface area (Å²) >= 11 is 6.45. The summed E-state index contributed by atoms with van der Waals surface area (Å²) in [6.45, 7) is 2.69. The van der Waals surface area contributed by atoms with Gasteiger partial charge in [0.15, 0.2) is 11.5 Å². The highest BCUT2D eigenvalue weighted by Gasteiger charge is 2.30. The first-order chi connectivity index (χ1) is 12.0. The zero-order valence-corrected chi connectivity index (χ0v) is 15.4. The molecule has 0 saturated carbocycles. The quantitative estimate of drug-likeness (QED) is 0.794. The summed E-state index contributed by atoms with van der Waals surface area (Å²) in [6.07, 6.45) is 4.11. The molecule has 0 bridgehead atoms. The Hall–Kier alpha value is -2.21. The maximum absolute atomic E-state index is 12.1. The molecule has 6 nitrogen and oxygen atoms in total. The molecule has 0 saturated heterocycles. The van der Waals surface area contributed by atoms with E-state index in [-0.39, 0.29) is 11.8 Å². The van der Waals surface area contributed by atoms with Crippen molar-refractivity contribution in [2.24, 2.45) is 7.05 Å². The molecule has 1 aliphatic rings. The molecular weight excluding hydrogens is 342 g/mol. The van der Waals surface area contributed by atoms with Crippen LogP contribution in [0, 0.1) is 0 Å². The maximum Gasteiger partial charge on any atom is 0.226 e. The summed E-state index contributed by atoms with van der Waals surface area (Å²) in [5, 5.41) is 7.61. The van der Waals surface area contributed by atoms with Gasteiger partial charge in [0.1, 0.15) is 5.82 Å². The van der Waals surface area contributed by atoms with Crippen LogP contribution in [0.5, 0.6) is 11.5 Å². The number of rotatable bonds is 6. The zero-order chi connectivity index (χ0) is 18.0. The van der Waals surface area contributed by atoms with Gasteiger partial charge in [0.05, 0.1) is 24.9 Å². The summed E-state index contributed by atoms with van der Waals surface area (Å²) in [4.78, 5) is 12.1. The third-order valence-corrected chi connectivity index (χ3v) is 4.67. The number of halogens is 1. The molecule has 1 amide bonds. The van der Waals surface area contributed by atoms with Crippen LogP contribution in [0.25, 0.3) is 0 Å². The van der Waals surface area contributed by atoms with Crippen LogP contribution in [0.2, 0.25) is 5.02 Å². The molecular formula is C18H22ClN3O3. The van der Waals surface area contributed by atoms with Crippen LogP contribution in [0.15, 0.2) is 18.3 Å². The lowest BCUT2D eigenvalue weighted by atomic mass is 9.87. The highest BCUT2D eigenvalue weighted by Crippen LogP contribution is 2.43. The van der Waals surface area contributed by atoms with Crippen LogP contribution in [0.1, 0.15) is 43.2 Å². The predicted octanol–water partition coefficient (Wildman–Crippen LogP) is 3.74. The van der Waals surface area contributed by atoms with Crippen LogP contribution in [-0.4, -0.2) is 29.4 Å². The first-order valence-electron chi connectivity index (χ1n) is 8.37. The van der Waals surface area contributed by atoms with Crippen LogP contribution < -0.4 is 14.8 Å². The van der Waals surface area contributed by atoms with Gasteiger partial charge in [0.2, 0.25) is 5.91 Å². The third kappa shape index (κ3) is 3.44. The number of aromatic nitrogens is 2. The molecule has 0 aliphatic carbocycles. The van der Waals surface area contributed by atoms with Crippen molar-refractivity contribution >= 4 is 23.3 Å². The minimum Gasteiger partial charge on any atom is -0.493 e. The van der Waals surface area contributed by atoms with Crippen LogP contribution in [0.3, 0.4) is 0 Å². The molecule has 7 heteroatoms. The number of carbonyl (C=O) groups excluding carboxylic acids is 1. The van der Waals surface area contributed by atoms with Crippen molar-refractivity contribution in [3.63, 3.8) is 0 Å². The summed E-state index contributed by atoms with van der Waals surface area (Å²) in [5.74, 6) is 1.69. The van der Waals surface area contributed by atoms with Crippen molar-refractivity contribution in [1.82, 2.24) is 9.78 Å². The molecule has 1 aliphatic heterocycles. The number of nitrogens with zero attached hydrogens (tertiary/aromatic N) is 2. The average Bonchev–Trinajstić information content (AvgIpc) is 2.96. The fourth-order valence-electron chi connectivity index (χ4n) is 3.04. The number of methoxy groups -OCH3 is 1. The van der Waals surface area contributed by atoms with Crippen LogP contribution in [-0.2, 0) is 11.8 Å². The minimum atomic E-state index is -0.117. The fourth-order valence-corrected chi connectivity index (χ4v) is 3.31. The van der Waals surface area contributed by atoms with E-state index in [4.69, 9.17) is 21.1 Å². The van der Waals surface area contributed by atoms with Crippen molar-refractivity contribution in [3.8, 4) is 11.5 Å². The molecule has 1 aromatic carbocycles. The molecule has 25 heavy (non-hydrogen) atoms. The molecule has 3 rings (SSSR count). The van der Waals surface area contributed by atoms with Gasteiger partial charge in [-0.3, -0.25) is 9.48 Å². The van der Waals surface area contributed by atoms with Crippen molar-refractivity contribution in [2.45, 2.75) is 32.1 Å². The highest BCUT2D eigenvalue weighted by molar-refractivity contribution is 6.32. The first-order valence-corrected chi connectivity index (χ1v) is 8.74. The van der Waals surface area contributed by atoms with Gasteiger partial charge in [-0.25, -0.2) is 0 Å². The monoisotopic (exact) mass is 363 g/mol. The van der Waals surface area contributed by atoms with E-state index in [9.17, 15) is 4.79 Å². The number of unbranched alkanes of at least 4 members (excludes halogenated alkanes) is 1. The molecule has 1 N–H and O–H groups in total. The van der Waals surface area contributed by atoms with Gasteiger partial charge in [0, 0.05) is 24.9 Å². The second kappa shape index (κ2) is 7.35. The number of hydrogen-bond acceptors (Lipinski definition) is 4. The Morgan fingerprint density at radius 3 is 2.96 bits per heavy atom. The summed E-state index contributed by atoms with van der Waals surface area (Å²) in [5.41, 5.74) is 1.88. The SMILES string of the molecule is CCCCOc1c(Cl)cc(C2CC(=O)Nc3c2cnn3C)cc1OC. The summed E-state index contributed by atoms with van der Waals surface area (Å²) in [7, 11) is 3.39. The van der Waals surface area contributed by atoms with E-state index in [1.165, 1.54) is 0 Å². The van der Waals surface area contributed by atoms with E-state index in [2.05, 4.69) is 17.3 Å². The minimum absolute atomic E-state index is 0.0422. The van der Waals surface area contributed by atoms with E-state index in [0.717, 1.165) is 29.8 Å². The highest BCUT2D eigenvalue weighted by atomic mass is 35.5. The number of amides is 1. The summed E-state index contributed by atoms with van der Waals surface area (Å²) in [6, 6.07) is 3.75. The zero-order valence-electron chi connectivity index (χ0n) is 14.6. The van der Waals surface area contributed by atoms with Crippen molar-refractivity contribution in [1.29, 1.82) is 0 Å². The van der Waals surface area contributed by atoms with Gasteiger partial charge in [-0.15, -0.1) is 0 Å². The lowest BCUT2D eigenvalue weighted by Gasteiger charge is -2.24. The van der Waals surface area contributed by atoms with Crippen molar-refractivity contribution in [2.75, 3.05) is 19.0 Å². The number of hydrogen-bond donors (Lipinski definition) is 1. The fraction of sp³-hybridized carbons (Fsp3) is 0.444. The average molecular weight is 364 g/mol. The Morgan fingerprint density at radius 1 is 1.44 bits per heavy atom. The third-order valence-electron chi connectivity index (χ3n) is 4.39. The number of benzene rings is 1. The van der Waals surface area contributed by atoms with Crippen molar-refractivity contribution in [3.05, 3.63) is 34.5 Å². The lowest BCUT2D eigenvalue weighted by molar-refractivity contribution is -0.116. The van der Waals surface area contributed by atoms with Gasteiger partial charge in [-0.1, -0.05) is 24.9 Å². The van der Waals surface area contributed by atoms with Crippen molar-refractivity contribution < 1.29 is 14.3 Å². The summed E-state index contributed by atoms with van der Waals surface area (Å²) < 4.78 is 12.9. The Kier molecular flexibility index (Phi) is 5.18. The largest absolute Gasteiger partial charge is 0.493 e. The molecule has 1 atom stereocenters. The van der Waals surface area contributed by atoms with Gasteiger partial charge in [-0.05, 0) is 24.1 Å². The lowest BCUT2D eigenvalue weighted by Crippen LogP contribution is -2.24. The second-order valence-electron chi connectivity index (χ2n) is 6.11. The van der Waals surface area contributed by atoms with Gasteiger partial charge in [-0.2, -0.15) is 5.10 Å². The molecule has 2 heterocycles.